The van der Waals surface area contributed by atoms with Crippen LogP contribution in [0.1, 0.15) is 26.3 Å². The number of aliphatic hydroxyl groups is 1. The Bertz CT molecular complexity index is 463. The van der Waals surface area contributed by atoms with Crippen molar-refractivity contribution in [3.63, 3.8) is 0 Å². The molecule has 8 nitrogen and oxygen atoms in total. The van der Waals surface area contributed by atoms with E-state index in [0.717, 1.165) is 0 Å². The number of thioether (sulfide) groups is 1. The third-order valence-electron chi connectivity index (χ3n) is 2.48. The molecule has 0 bridgehead atoms. The summed E-state index contributed by atoms with van der Waals surface area (Å²) >= 11 is 1.18. The van der Waals surface area contributed by atoms with Gasteiger partial charge in [0.2, 0.25) is 5.91 Å². The average Bonchev–Trinajstić information content (AvgIpc) is 2.84. The third kappa shape index (κ3) is 4.82. The SMILES string of the molecule is CC(C)n1cnnc1SCC(=O)N[C@@H](CCO)C(=O)O. The molecule has 0 aliphatic carbocycles. The summed E-state index contributed by atoms with van der Waals surface area (Å²) in [7, 11) is 0. The lowest BCUT2D eigenvalue weighted by Crippen LogP contribution is -2.42. The van der Waals surface area contributed by atoms with Crippen LogP contribution in [0.2, 0.25) is 0 Å². The van der Waals surface area contributed by atoms with Gasteiger partial charge in [0.25, 0.3) is 0 Å². The number of aliphatic hydroxyl groups excluding tert-OH is 1. The lowest BCUT2D eigenvalue weighted by atomic mass is 10.2. The molecule has 0 fully saturated rings. The largest absolute Gasteiger partial charge is 0.480 e. The molecular formula is C11H18N4O4S. The number of nitrogens with one attached hydrogen (secondary N) is 1. The standard InChI is InChI=1S/C11H18N4O4S/c1-7(2)15-6-12-14-11(15)20-5-9(17)13-8(3-4-16)10(18)19/h6-8,16H,3-5H2,1-2H3,(H,13,17)(H,18,19)/t8-/m0/s1. The lowest BCUT2D eigenvalue weighted by molar-refractivity contribution is -0.141. The maximum absolute atomic E-state index is 11.7. The minimum Gasteiger partial charge on any atom is -0.480 e. The van der Waals surface area contributed by atoms with Crippen LogP contribution >= 0.6 is 11.8 Å². The summed E-state index contributed by atoms with van der Waals surface area (Å²) < 4.78 is 1.82. The number of rotatable bonds is 8. The molecule has 0 aliphatic heterocycles. The minimum atomic E-state index is -1.16. The van der Waals surface area contributed by atoms with Crippen LogP contribution in [0.4, 0.5) is 0 Å². The number of aromatic nitrogens is 3. The van der Waals surface area contributed by atoms with Gasteiger partial charge < -0.3 is 20.1 Å². The van der Waals surface area contributed by atoms with Crippen LogP contribution < -0.4 is 5.32 Å². The Morgan fingerprint density at radius 2 is 2.20 bits per heavy atom. The first-order valence-corrected chi connectivity index (χ1v) is 7.09. The highest BCUT2D eigenvalue weighted by atomic mass is 32.2. The monoisotopic (exact) mass is 302 g/mol. The molecule has 1 heterocycles. The zero-order valence-corrected chi connectivity index (χ0v) is 12.1. The molecule has 1 amide bonds. The van der Waals surface area contributed by atoms with Crippen molar-refractivity contribution in [1.82, 2.24) is 20.1 Å². The van der Waals surface area contributed by atoms with E-state index >= 15 is 0 Å². The second-order valence-corrected chi connectivity index (χ2v) is 5.32. The molecule has 0 aliphatic rings. The summed E-state index contributed by atoms with van der Waals surface area (Å²) in [6.45, 7) is 3.64. The number of carbonyl (C=O) groups is 2. The van der Waals surface area contributed by atoms with Gasteiger partial charge in [0.1, 0.15) is 12.4 Å². The first kappa shape index (κ1) is 16.4. The highest BCUT2D eigenvalue weighted by molar-refractivity contribution is 7.99. The smallest absolute Gasteiger partial charge is 0.326 e. The van der Waals surface area contributed by atoms with E-state index in [-0.39, 0.29) is 24.8 Å². The van der Waals surface area contributed by atoms with Crippen LogP contribution in [0.3, 0.4) is 0 Å². The van der Waals surface area contributed by atoms with Gasteiger partial charge in [-0.2, -0.15) is 0 Å². The van der Waals surface area contributed by atoms with Crippen LogP contribution in [-0.4, -0.2) is 55.3 Å². The van der Waals surface area contributed by atoms with Crippen molar-refractivity contribution in [1.29, 1.82) is 0 Å². The summed E-state index contributed by atoms with van der Waals surface area (Å²) in [6, 6.07) is -0.896. The van der Waals surface area contributed by atoms with Gasteiger partial charge in [0.05, 0.1) is 5.75 Å². The summed E-state index contributed by atoms with van der Waals surface area (Å²) in [6.07, 6.45) is 1.56. The molecule has 1 rings (SSSR count). The second kappa shape index (κ2) is 7.85. The summed E-state index contributed by atoms with van der Waals surface area (Å²) in [5, 5.41) is 28.2. The van der Waals surface area contributed by atoms with Gasteiger partial charge in [-0.25, -0.2) is 4.79 Å². The van der Waals surface area contributed by atoms with E-state index in [2.05, 4.69) is 15.5 Å². The van der Waals surface area contributed by atoms with Crippen molar-refractivity contribution in [2.75, 3.05) is 12.4 Å². The Balaban J connectivity index is 2.50. The van der Waals surface area contributed by atoms with Crippen molar-refractivity contribution < 1.29 is 19.8 Å². The number of aliphatic carboxylic acids is 1. The first-order chi connectivity index (χ1) is 9.45. The molecule has 3 N–H and O–H groups in total. The number of hydrogen-bond donors (Lipinski definition) is 3. The van der Waals surface area contributed by atoms with Crippen LogP contribution in [0.5, 0.6) is 0 Å². The fourth-order valence-corrected chi connectivity index (χ4v) is 2.30. The number of carboxylic acid groups (broad SMARTS) is 1. The molecule has 0 radical (unpaired) electrons. The average molecular weight is 302 g/mol. The van der Waals surface area contributed by atoms with Crippen molar-refractivity contribution in [2.45, 2.75) is 37.5 Å². The molecule has 0 unspecified atom stereocenters. The summed E-state index contributed by atoms with van der Waals surface area (Å²) in [5.41, 5.74) is 0. The molecule has 0 aromatic carbocycles. The predicted molar refractivity (Wildman–Crippen MR) is 72.4 cm³/mol. The molecule has 20 heavy (non-hydrogen) atoms. The van der Waals surface area contributed by atoms with Crippen LogP contribution in [-0.2, 0) is 9.59 Å². The predicted octanol–water partition coefficient (Wildman–Crippen LogP) is -0.0971. The van der Waals surface area contributed by atoms with Crippen molar-refractivity contribution in [2.24, 2.45) is 0 Å². The topological polar surface area (TPSA) is 117 Å². The van der Waals surface area contributed by atoms with Gasteiger partial charge >= 0.3 is 5.97 Å². The maximum Gasteiger partial charge on any atom is 0.326 e. The lowest BCUT2D eigenvalue weighted by Gasteiger charge is -2.13. The molecule has 1 aromatic rings. The van der Waals surface area contributed by atoms with E-state index in [9.17, 15) is 9.59 Å². The van der Waals surface area contributed by atoms with Crippen LogP contribution in [0, 0.1) is 0 Å². The van der Waals surface area contributed by atoms with E-state index < -0.39 is 17.9 Å². The van der Waals surface area contributed by atoms with Crippen molar-refractivity contribution >= 4 is 23.6 Å². The number of amides is 1. The van der Waals surface area contributed by atoms with Crippen LogP contribution in [0.25, 0.3) is 0 Å². The molecule has 9 heteroatoms. The Hall–Kier alpha value is -1.61. The maximum atomic E-state index is 11.7. The number of carboxylic acids is 1. The van der Waals surface area contributed by atoms with Crippen LogP contribution in [0.15, 0.2) is 11.5 Å². The quantitative estimate of drug-likeness (QED) is 0.574. The molecular weight excluding hydrogens is 284 g/mol. The summed E-state index contributed by atoms with van der Waals surface area (Å²) in [4.78, 5) is 22.5. The molecule has 1 aromatic heterocycles. The minimum absolute atomic E-state index is 0.0199. The zero-order valence-electron chi connectivity index (χ0n) is 11.3. The van der Waals surface area contributed by atoms with Gasteiger partial charge in [-0.05, 0) is 13.8 Å². The van der Waals surface area contributed by atoms with Gasteiger partial charge in [-0.15, -0.1) is 10.2 Å². The Labute approximate surface area is 120 Å². The summed E-state index contributed by atoms with van der Waals surface area (Å²) in [5.74, 6) is -1.54. The van der Waals surface area contributed by atoms with Gasteiger partial charge in [-0.3, -0.25) is 4.79 Å². The fourth-order valence-electron chi connectivity index (χ4n) is 1.44. The van der Waals surface area contributed by atoms with E-state index in [0.29, 0.717) is 5.16 Å². The highest BCUT2D eigenvalue weighted by Crippen LogP contribution is 2.18. The van der Waals surface area contributed by atoms with E-state index in [1.54, 1.807) is 6.33 Å². The molecule has 112 valence electrons. The molecule has 0 saturated heterocycles. The van der Waals surface area contributed by atoms with E-state index in [1.165, 1.54) is 11.8 Å². The Morgan fingerprint density at radius 1 is 1.50 bits per heavy atom. The van der Waals surface area contributed by atoms with Gasteiger partial charge in [-0.1, -0.05) is 11.8 Å². The Morgan fingerprint density at radius 3 is 2.75 bits per heavy atom. The van der Waals surface area contributed by atoms with E-state index in [4.69, 9.17) is 10.2 Å². The third-order valence-corrected chi connectivity index (χ3v) is 3.44. The van der Waals surface area contributed by atoms with E-state index in [1.807, 2.05) is 18.4 Å². The highest BCUT2D eigenvalue weighted by Gasteiger charge is 2.19. The number of carbonyl (C=O) groups excluding carboxylic acids is 1. The molecule has 0 saturated carbocycles. The van der Waals surface area contributed by atoms with Gasteiger partial charge in [0.15, 0.2) is 5.16 Å². The number of hydrogen-bond acceptors (Lipinski definition) is 6. The molecule has 1 atom stereocenters. The van der Waals surface area contributed by atoms with Gasteiger partial charge in [0, 0.05) is 19.1 Å². The fraction of sp³-hybridized carbons (Fsp3) is 0.636. The van der Waals surface area contributed by atoms with Crippen molar-refractivity contribution in [3.05, 3.63) is 6.33 Å². The first-order valence-electron chi connectivity index (χ1n) is 6.11. The normalized spacial score (nSPS) is 12.4. The van der Waals surface area contributed by atoms with Crippen molar-refractivity contribution in [3.8, 4) is 0 Å². The Kier molecular flexibility index (Phi) is 6.46. The second-order valence-electron chi connectivity index (χ2n) is 4.37. The number of nitrogens with zero attached hydrogens (tertiary/aromatic N) is 3. The zero-order chi connectivity index (χ0) is 15.1. The molecule has 0 spiro atoms.